The van der Waals surface area contributed by atoms with E-state index in [0.717, 1.165) is 36.7 Å². The first-order valence-corrected chi connectivity index (χ1v) is 6.30. The first kappa shape index (κ1) is 13.0. The predicted molar refractivity (Wildman–Crippen MR) is 76.1 cm³/mol. The minimum Gasteiger partial charge on any atom is -0.493 e. The number of methoxy groups -OCH3 is 2. The highest BCUT2D eigenvalue weighted by Crippen LogP contribution is 2.45. The Kier molecular flexibility index (Phi) is 3.97. The molecule has 1 aliphatic heterocycles. The van der Waals surface area contributed by atoms with Gasteiger partial charge in [-0.2, -0.15) is 0 Å². The van der Waals surface area contributed by atoms with Gasteiger partial charge in [-0.05, 0) is 38.7 Å². The van der Waals surface area contributed by atoms with E-state index in [2.05, 4.69) is 30.4 Å². The van der Waals surface area contributed by atoms with Crippen molar-refractivity contribution in [3.8, 4) is 11.5 Å². The summed E-state index contributed by atoms with van der Waals surface area (Å²) in [6.45, 7) is 2.08. The van der Waals surface area contributed by atoms with E-state index in [9.17, 15) is 0 Å². The van der Waals surface area contributed by atoms with Crippen LogP contribution in [-0.4, -0.2) is 46.3 Å². The second-order valence-corrected chi connectivity index (χ2v) is 4.94. The fourth-order valence-corrected chi connectivity index (χ4v) is 2.47. The lowest BCUT2D eigenvalue weighted by Crippen LogP contribution is -2.16. The van der Waals surface area contributed by atoms with Gasteiger partial charge in [0.15, 0.2) is 11.5 Å². The van der Waals surface area contributed by atoms with Gasteiger partial charge in [-0.15, -0.1) is 0 Å². The highest BCUT2D eigenvalue weighted by atomic mass is 16.5. The number of nitrogens with one attached hydrogen (secondary N) is 1. The van der Waals surface area contributed by atoms with Gasteiger partial charge in [0.05, 0.1) is 19.9 Å². The van der Waals surface area contributed by atoms with Gasteiger partial charge in [0, 0.05) is 13.9 Å². The van der Waals surface area contributed by atoms with Crippen LogP contribution in [-0.2, 0) is 0 Å². The third-order valence-corrected chi connectivity index (χ3v) is 3.47. The number of rotatable bonds is 5. The molecular weight excluding hydrogens is 228 g/mol. The molecule has 0 saturated carbocycles. The predicted octanol–water partition coefficient (Wildman–Crippen LogP) is 2.41. The van der Waals surface area contributed by atoms with E-state index < -0.39 is 0 Å². The molecule has 4 heteroatoms. The third-order valence-electron chi connectivity index (χ3n) is 3.47. The number of ether oxygens (including phenoxy) is 2. The van der Waals surface area contributed by atoms with E-state index in [1.54, 1.807) is 14.2 Å². The molecular formula is C14H24N2O2. The molecule has 0 aliphatic carbocycles. The van der Waals surface area contributed by atoms with Crippen LogP contribution < -0.4 is 14.8 Å². The van der Waals surface area contributed by atoms with Crippen molar-refractivity contribution in [2.24, 2.45) is 0 Å². The summed E-state index contributed by atoms with van der Waals surface area (Å²) < 4.78 is 10.8. The molecule has 18 heavy (non-hydrogen) atoms. The molecule has 1 unspecified atom stereocenters. The largest absolute Gasteiger partial charge is 0.493 e. The average molecular weight is 252 g/mol. The second-order valence-electron chi connectivity index (χ2n) is 4.94. The molecule has 0 saturated heterocycles. The lowest BCUT2D eigenvalue weighted by molar-refractivity contribution is 0.356. The van der Waals surface area contributed by atoms with Crippen LogP contribution in [0.25, 0.3) is 0 Å². The normalized spacial score (nSPS) is 17.5. The summed E-state index contributed by atoms with van der Waals surface area (Å²) in [5.74, 6) is 2.17. The van der Waals surface area contributed by atoms with E-state index in [0.29, 0.717) is 5.92 Å². The zero-order chi connectivity index (χ0) is 13.1. The van der Waals surface area contributed by atoms with Crippen molar-refractivity contribution < 1.29 is 10.9 Å². The maximum Gasteiger partial charge on any atom is 0.184 e. The monoisotopic (exact) mass is 252 g/mol. The Bertz CT molecular complexity index is 424. The molecule has 1 N–H and O–H groups in total. The van der Waals surface area contributed by atoms with Gasteiger partial charge >= 0.3 is 0 Å². The Morgan fingerprint density at radius 2 is 2.11 bits per heavy atom. The Balaban J connectivity index is 0.00000180. The minimum atomic E-state index is 0. The quantitative estimate of drug-likeness (QED) is 0.872. The first-order chi connectivity index (χ1) is 8.67. The molecule has 0 radical (unpaired) electrons. The summed E-state index contributed by atoms with van der Waals surface area (Å²) in [5.41, 5.74) is 2.44. The lowest BCUT2D eigenvalue weighted by Gasteiger charge is -2.15. The number of nitrogens with zero attached hydrogens (tertiary/aromatic N) is 1. The average Bonchev–Trinajstić information content (AvgIpc) is 2.78. The van der Waals surface area contributed by atoms with Gasteiger partial charge in [0.2, 0.25) is 0 Å². The smallest absolute Gasteiger partial charge is 0.184 e. The van der Waals surface area contributed by atoms with Crippen molar-refractivity contribution in [2.75, 3.05) is 46.7 Å². The van der Waals surface area contributed by atoms with Gasteiger partial charge in [-0.3, -0.25) is 0 Å². The van der Waals surface area contributed by atoms with Gasteiger partial charge in [0.25, 0.3) is 0 Å². The van der Waals surface area contributed by atoms with Crippen molar-refractivity contribution in [1.29, 1.82) is 0 Å². The van der Waals surface area contributed by atoms with Crippen LogP contribution in [0.5, 0.6) is 11.5 Å². The maximum absolute atomic E-state index is 5.46. The van der Waals surface area contributed by atoms with E-state index in [1.165, 1.54) is 5.56 Å². The van der Waals surface area contributed by atoms with Crippen LogP contribution in [0.3, 0.4) is 0 Å². The highest BCUT2D eigenvalue weighted by Gasteiger charge is 2.26. The molecule has 1 aromatic rings. The van der Waals surface area contributed by atoms with E-state index in [-0.39, 0.29) is 1.43 Å². The van der Waals surface area contributed by atoms with Gasteiger partial charge < -0.3 is 19.7 Å². The van der Waals surface area contributed by atoms with Gasteiger partial charge in [0.1, 0.15) is 0 Å². The first-order valence-electron chi connectivity index (χ1n) is 6.30. The standard InChI is InChI=1S/C14H22N2O2.H2/c1-16(2)8-7-10-9-15-13-11(10)5-6-12(17-3)14(13)18-4;/h5-6,10,15H,7-9H2,1-4H3;1H. The van der Waals surface area contributed by atoms with Crippen molar-refractivity contribution in [2.45, 2.75) is 12.3 Å². The molecule has 1 aliphatic rings. The summed E-state index contributed by atoms with van der Waals surface area (Å²) in [7, 11) is 7.57. The van der Waals surface area contributed by atoms with E-state index >= 15 is 0 Å². The summed E-state index contributed by atoms with van der Waals surface area (Å²) in [6.07, 6.45) is 1.16. The van der Waals surface area contributed by atoms with E-state index in [4.69, 9.17) is 9.47 Å². The summed E-state index contributed by atoms with van der Waals surface area (Å²) >= 11 is 0. The molecule has 0 amide bonds. The SMILES string of the molecule is COc1ccc2c(c1OC)NCC2CCN(C)C.[HH]. The van der Waals surface area contributed by atoms with Crippen molar-refractivity contribution in [3.05, 3.63) is 17.7 Å². The second kappa shape index (κ2) is 5.48. The summed E-state index contributed by atoms with van der Waals surface area (Å²) in [6, 6.07) is 4.14. The van der Waals surface area contributed by atoms with Crippen LogP contribution in [0.4, 0.5) is 5.69 Å². The summed E-state index contributed by atoms with van der Waals surface area (Å²) in [5, 5.41) is 3.44. The Morgan fingerprint density at radius 1 is 1.33 bits per heavy atom. The fourth-order valence-electron chi connectivity index (χ4n) is 2.47. The molecule has 4 nitrogen and oxygen atoms in total. The molecule has 0 spiro atoms. The van der Waals surface area contributed by atoms with Crippen LogP contribution >= 0.6 is 0 Å². The molecule has 0 bridgehead atoms. The van der Waals surface area contributed by atoms with Gasteiger partial charge in [-0.1, -0.05) is 6.07 Å². The summed E-state index contributed by atoms with van der Waals surface area (Å²) in [4.78, 5) is 2.22. The molecule has 0 fully saturated rings. The fraction of sp³-hybridized carbons (Fsp3) is 0.571. The van der Waals surface area contributed by atoms with Gasteiger partial charge in [-0.25, -0.2) is 0 Å². The van der Waals surface area contributed by atoms with Crippen LogP contribution in [0, 0.1) is 0 Å². The molecule has 1 aromatic carbocycles. The number of anilines is 1. The lowest BCUT2D eigenvalue weighted by atomic mass is 9.97. The zero-order valence-corrected chi connectivity index (χ0v) is 11.6. The maximum atomic E-state index is 5.46. The molecule has 1 atom stereocenters. The zero-order valence-electron chi connectivity index (χ0n) is 11.6. The Hall–Kier alpha value is -1.42. The van der Waals surface area contributed by atoms with Crippen LogP contribution in [0.1, 0.15) is 19.3 Å². The van der Waals surface area contributed by atoms with Crippen LogP contribution in [0.15, 0.2) is 12.1 Å². The van der Waals surface area contributed by atoms with Crippen molar-refractivity contribution in [3.63, 3.8) is 0 Å². The minimum absolute atomic E-state index is 0. The third kappa shape index (κ3) is 2.38. The Labute approximate surface area is 110 Å². The molecule has 102 valence electrons. The molecule has 2 rings (SSSR count). The Morgan fingerprint density at radius 3 is 2.72 bits per heavy atom. The van der Waals surface area contributed by atoms with E-state index in [1.807, 2.05) is 6.07 Å². The van der Waals surface area contributed by atoms with Crippen molar-refractivity contribution >= 4 is 5.69 Å². The number of fused-ring (bicyclic) bond motifs is 1. The molecule has 0 aromatic heterocycles. The van der Waals surface area contributed by atoms with Crippen molar-refractivity contribution in [1.82, 2.24) is 4.90 Å². The number of hydrogen-bond donors (Lipinski definition) is 1. The number of hydrogen-bond acceptors (Lipinski definition) is 4. The highest BCUT2D eigenvalue weighted by molar-refractivity contribution is 5.71. The topological polar surface area (TPSA) is 33.7 Å². The number of benzene rings is 1. The van der Waals surface area contributed by atoms with Crippen LogP contribution in [0.2, 0.25) is 0 Å². The molecule has 1 heterocycles.